The summed E-state index contributed by atoms with van der Waals surface area (Å²) in [5.74, 6) is -9.40. The van der Waals surface area contributed by atoms with Gasteiger partial charge in [0, 0.05) is 62.3 Å². The number of rotatable bonds is 30. The first-order chi connectivity index (χ1) is 32.2. The lowest BCUT2D eigenvalue weighted by Gasteiger charge is -2.25. The average molecular weight is 994 g/mol. The van der Waals surface area contributed by atoms with Gasteiger partial charge in [-0.2, -0.15) is 0 Å². The van der Waals surface area contributed by atoms with Crippen molar-refractivity contribution in [1.29, 1.82) is 0 Å². The number of benzene rings is 1. The smallest absolute Gasteiger partial charge is 0.356 e. The third-order valence-electron chi connectivity index (χ3n) is 8.77. The van der Waals surface area contributed by atoms with E-state index in [0.717, 1.165) is 20.6 Å². The molecule has 1 aromatic carbocycles. The van der Waals surface area contributed by atoms with Crippen molar-refractivity contribution in [2.24, 2.45) is 0 Å². The number of amides is 5. The third-order valence-corrected chi connectivity index (χ3v) is 11.1. The number of nitrogen functional groups attached to an aromatic ring is 1. The maximum atomic E-state index is 12.9. The summed E-state index contributed by atoms with van der Waals surface area (Å²) in [5.41, 5.74) is 4.81. The fourth-order valence-electron chi connectivity index (χ4n) is 5.63. The van der Waals surface area contributed by atoms with Crippen molar-refractivity contribution < 1.29 is 78.1 Å². The van der Waals surface area contributed by atoms with E-state index < -0.39 is 103 Å². The van der Waals surface area contributed by atoms with Crippen LogP contribution in [0.4, 0.5) is 11.6 Å². The minimum Gasteiger partial charge on any atom is -0.480 e. The fraction of sp³-hybridized carbons (Fsp3) is 0.421. The van der Waals surface area contributed by atoms with Crippen LogP contribution in [0, 0.1) is 0 Å². The molecule has 0 aliphatic carbocycles. The molecule has 368 valence electrons. The van der Waals surface area contributed by atoms with Crippen LogP contribution >= 0.6 is 21.6 Å². The zero-order valence-electron chi connectivity index (χ0n) is 36.1. The number of nitrogens with two attached hydrogens (primary N) is 1. The molecule has 3 rings (SSSR count). The summed E-state index contributed by atoms with van der Waals surface area (Å²) < 4.78 is 4.79. The lowest BCUT2D eigenvalue weighted by atomic mass is 10.1. The van der Waals surface area contributed by atoms with E-state index >= 15 is 0 Å². The van der Waals surface area contributed by atoms with E-state index in [-0.39, 0.29) is 85.4 Å². The Labute approximate surface area is 392 Å². The zero-order valence-corrected chi connectivity index (χ0v) is 37.7. The van der Waals surface area contributed by atoms with Gasteiger partial charge in [0.15, 0.2) is 5.69 Å². The normalized spacial score (nSPS) is 11.8. The van der Waals surface area contributed by atoms with E-state index in [0.29, 0.717) is 5.75 Å². The fourth-order valence-corrected chi connectivity index (χ4v) is 7.61. The Balaban J connectivity index is 1.42. The van der Waals surface area contributed by atoms with Gasteiger partial charge in [-0.1, -0.05) is 21.6 Å². The Morgan fingerprint density at radius 1 is 0.779 bits per heavy atom. The zero-order chi connectivity index (χ0) is 50.3. The van der Waals surface area contributed by atoms with Crippen molar-refractivity contribution in [3.63, 3.8) is 0 Å². The number of fused-ring (bicyclic) bond motifs is 1. The lowest BCUT2D eigenvalue weighted by Crippen LogP contribution is -2.49. The molecule has 0 spiro atoms. The number of hydrogen-bond donors (Lipinski definition) is 11. The summed E-state index contributed by atoms with van der Waals surface area (Å²) in [4.78, 5) is 148. The molecule has 13 N–H and O–H groups in total. The first-order valence-corrected chi connectivity index (χ1v) is 22.5. The van der Waals surface area contributed by atoms with Gasteiger partial charge in [-0.25, -0.2) is 19.6 Å². The van der Waals surface area contributed by atoms with Crippen molar-refractivity contribution in [2.45, 2.75) is 31.8 Å². The first kappa shape index (κ1) is 54.9. The average Bonchev–Trinajstić information content (AvgIpc) is 3.25. The van der Waals surface area contributed by atoms with E-state index in [1.807, 2.05) is 0 Å². The molecule has 0 fully saturated rings. The standard InChI is InChI=1S/C38H48N12O16S2/c1-20(51)66-12-13-67-68-19-25(37(64)65)44-28(54)16-50(18-30(57)58)11-10-49(17-29(55)56)15-27(53)41-9-8-40-26(52)7-6-23(36(62)63)46-33(59)21-2-4-22(5-3-21)43-34(60)24-14-42-32-31(45-24)35(61)48-38(39)47-32/h2-5,14,23,25H,6-13,15-19H2,1H3,(H,40,52)(H,41,53)(H,43,60)(H,44,54)(H,46,59)(H,55,56)(H,57,58)(H,62,63)(H,64,65)(H3,39,42,47,48,61)/p+1. The summed E-state index contributed by atoms with van der Waals surface area (Å²) in [5, 5.41) is 50.1. The van der Waals surface area contributed by atoms with Crippen LogP contribution in [0.15, 0.2) is 35.3 Å². The van der Waals surface area contributed by atoms with E-state index in [1.165, 1.54) is 48.2 Å². The van der Waals surface area contributed by atoms with Crippen LogP contribution < -0.4 is 42.9 Å². The molecule has 3 aromatic rings. The molecule has 0 saturated carbocycles. The Morgan fingerprint density at radius 2 is 1.38 bits per heavy atom. The number of carbonyl (C=O) groups is 10. The highest BCUT2D eigenvalue weighted by Crippen LogP contribution is 2.22. The predicted molar refractivity (Wildman–Crippen MR) is 239 cm³/mol. The maximum absolute atomic E-state index is 12.9. The molecule has 5 amide bonds. The Morgan fingerprint density at radius 3 is 1.97 bits per heavy atom. The summed E-state index contributed by atoms with van der Waals surface area (Å²) in [7, 11) is 2.32. The number of anilines is 2. The Hall–Kier alpha value is -7.44. The third kappa shape index (κ3) is 20.4. The van der Waals surface area contributed by atoms with E-state index in [4.69, 9.17) is 10.5 Å². The van der Waals surface area contributed by atoms with E-state index in [2.05, 4.69) is 46.5 Å². The van der Waals surface area contributed by atoms with Crippen LogP contribution in [0.2, 0.25) is 0 Å². The van der Waals surface area contributed by atoms with Crippen molar-refractivity contribution in [1.82, 2.24) is 46.0 Å². The van der Waals surface area contributed by atoms with Crippen molar-refractivity contribution in [3.8, 4) is 0 Å². The number of aromatic amines is 2. The topological polar surface area (TPSA) is 426 Å². The number of carboxylic acids is 4. The number of aliphatic carboxylic acids is 4. The molecule has 0 aliphatic heterocycles. The van der Waals surface area contributed by atoms with Gasteiger partial charge in [-0.15, -0.1) is 0 Å². The number of esters is 1. The van der Waals surface area contributed by atoms with Gasteiger partial charge < -0.3 is 57.5 Å². The number of hydrogen-bond acceptors (Lipinski definition) is 19. The molecule has 2 unspecified atom stereocenters. The highest BCUT2D eigenvalue weighted by atomic mass is 33.1. The van der Waals surface area contributed by atoms with Crippen LogP contribution in [-0.2, 0) is 43.1 Å². The largest absolute Gasteiger partial charge is 0.480 e. The quantitative estimate of drug-likeness (QED) is 0.0175. The number of carboxylic acid groups (broad SMARTS) is 4. The highest BCUT2D eigenvalue weighted by Gasteiger charge is 2.25. The summed E-state index contributed by atoms with van der Waals surface area (Å²) in [6, 6.07) is 2.51. The molecule has 0 aliphatic rings. The second kappa shape index (κ2) is 27.9. The van der Waals surface area contributed by atoms with Gasteiger partial charge in [0.2, 0.25) is 23.2 Å². The van der Waals surface area contributed by atoms with Crippen LogP contribution in [0.1, 0.15) is 40.6 Å². The summed E-state index contributed by atoms with van der Waals surface area (Å²) in [6.45, 7) is -1.73. The minimum absolute atomic E-state index is 0.0207. The van der Waals surface area contributed by atoms with Crippen molar-refractivity contribution >= 4 is 104 Å². The van der Waals surface area contributed by atoms with Crippen LogP contribution in [-0.4, -0.2) is 187 Å². The molecule has 2 atom stereocenters. The molecule has 2 aromatic heterocycles. The number of H-pyrrole nitrogens is 2. The maximum Gasteiger partial charge on any atom is 0.356 e. The number of nitrogens with zero attached hydrogens (tertiary/aromatic N) is 4. The molecule has 68 heavy (non-hydrogen) atoms. The summed E-state index contributed by atoms with van der Waals surface area (Å²) in [6.07, 6.45) is 0.539. The highest BCUT2D eigenvalue weighted by molar-refractivity contribution is 8.76. The molecule has 0 radical (unpaired) electrons. The predicted octanol–water partition coefficient (Wildman–Crippen LogP) is -3.55. The Bertz CT molecular complexity index is 2390. The van der Waals surface area contributed by atoms with E-state index in [1.54, 1.807) is 0 Å². The molecular formula is C38H49N12O16S2+. The second-order valence-corrected chi connectivity index (χ2v) is 16.8. The second-order valence-electron chi connectivity index (χ2n) is 14.2. The summed E-state index contributed by atoms with van der Waals surface area (Å²) >= 11 is 0. The first-order valence-electron chi connectivity index (χ1n) is 20.1. The number of ether oxygens (including phenoxy) is 1. The number of carbonyl (C=O) groups excluding carboxylic acids is 6. The van der Waals surface area contributed by atoms with Crippen molar-refractivity contribution in [3.05, 3.63) is 52.1 Å². The van der Waals surface area contributed by atoms with Gasteiger partial charge in [0.05, 0.1) is 26.2 Å². The van der Waals surface area contributed by atoms with Gasteiger partial charge in [0.25, 0.3) is 17.4 Å². The monoisotopic (exact) mass is 993 g/mol. The molecule has 30 heteroatoms. The van der Waals surface area contributed by atoms with Crippen LogP contribution in [0.25, 0.3) is 11.2 Å². The molecule has 0 bridgehead atoms. The minimum atomic E-state index is -1.49. The van der Waals surface area contributed by atoms with Crippen molar-refractivity contribution in [2.75, 3.05) is 81.5 Å². The lowest BCUT2D eigenvalue weighted by molar-refractivity contribution is -0.348. The SMILES string of the molecule is CC(=O)OCCSSCC(NC(=O)CN(CCN(CC(=O)O)CC(=O)NCCNC(=O)CCC(NC(=O)c1ccc(NC(=O)c2c[nH+]c3nc(N)[nH]c(=O)c3n2)cc1)C(=O)O)CC(=O)O)C(=O)O. The van der Waals surface area contributed by atoms with E-state index in [9.17, 15) is 73.2 Å². The van der Waals surface area contributed by atoms with Crippen LogP contribution in [0.3, 0.4) is 0 Å². The van der Waals surface area contributed by atoms with Gasteiger partial charge >= 0.3 is 41.4 Å². The number of aromatic nitrogens is 4. The van der Waals surface area contributed by atoms with Gasteiger partial charge in [-0.05, 0) is 35.7 Å². The molecular weight excluding hydrogens is 945 g/mol. The van der Waals surface area contributed by atoms with Gasteiger partial charge in [-0.3, -0.25) is 57.9 Å². The molecule has 2 heterocycles. The van der Waals surface area contributed by atoms with Crippen LogP contribution in [0.5, 0.6) is 0 Å². The van der Waals surface area contributed by atoms with Gasteiger partial charge in [0.1, 0.15) is 24.9 Å². The Kier molecular flexibility index (Phi) is 22.5. The molecule has 0 saturated heterocycles. The number of nitrogens with one attached hydrogen (secondary N) is 7. The molecule has 28 nitrogen and oxygen atoms in total.